The van der Waals surface area contributed by atoms with Crippen molar-refractivity contribution < 1.29 is 4.39 Å². The van der Waals surface area contributed by atoms with Gasteiger partial charge in [-0.3, -0.25) is 4.79 Å². The monoisotopic (exact) mass is 431 g/mol. The van der Waals surface area contributed by atoms with E-state index in [1.54, 1.807) is 30.3 Å². The van der Waals surface area contributed by atoms with Gasteiger partial charge in [0, 0.05) is 32.1 Å². The molecule has 2 aromatic heterocycles. The van der Waals surface area contributed by atoms with Crippen LogP contribution in [0.15, 0.2) is 69.6 Å². The first-order valence-electron chi connectivity index (χ1n) is 8.20. The summed E-state index contributed by atoms with van der Waals surface area (Å²) in [4.78, 5) is 16.0. The lowest BCUT2D eigenvalue weighted by Crippen LogP contribution is -2.09. The minimum Gasteiger partial charge on any atom is -0.267 e. The van der Waals surface area contributed by atoms with Crippen LogP contribution in [0.4, 0.5) is 4.39 Å². The van der Waals surface area contributed by atoms with E-state index in [1.807, 2.05) is 13.0 Å². The molecule has 0 spiro atoms. The fourth-order valence-corrected chi connectivity index (χ4v) is 4.24. The number of nitrogens with zero attached hydrogens (tertiary/aromatic N) is 3. The Morgan fingerprint density at radius 2 is 1.82 bits per heavy atom. The van der Waals surface area contributed by atoms with Gasteiger partial charge in [-0.05, 0) is 42.8 Å². The predicted octanol–water partition coefficient (Wildman–Crippen LogP) is 5.66. The molecule has 0 N–H and O–H groups in total. The van der Waals surface area contributed by atoms with Gasteiger partial charge in [-0.15, -0.1) is 0 Å². The summed E-state index contributed by atoms with van der Waals surface area (Å²) in [7, 11) is 0. The van der Waals surface area contributed by atoms with Crippen LogP contribution >= 0.6 is 35.0 Å². The Labute approximate surface area is 174 Å². The number of hydrogen-bond acceptors (Lipinski definition) is 4. The molecule has 0 fully saturated rings. The molecule has 28 heavy (non-hydrogen) atoms. The maximum Gasteiger partial charge on any atom is 0.273 e. The summed E-state index contributed by atoms with van der Waals surface area (Å²) in [6.07, 6.45) is 1.32. The van der Waals surface area contributed by atoms with Gasteiger partial charge in [0.15, 0.2) is 0 Å². The third kappa shape index (κ3) is 3.63. The van der Waals surface area contributed by atoms with Crippen LogP contribution in [0.3, 0.4) is 0 Å². The molecule has 4 rings (SSSR count). The summed E-state index contributed by atoms with van der Waals surface area (Å²) in [5, 5.41) is 5.82. The third-order valence-electron chi connectivity index (χ3n) is 4.09. The third-order valence-corrected chi connectivity index (χ3v) is 5.68. The predicted molar refractivity (Wildman–Crippen MR) is 110 cm³/mol. The van der Waals surface area contributed by atoms with E-state index in [4.69, 9.17) is 23.2 Å². The summed E-state index contributed by atoms with van der Waals surface area (Å²) in [5.74, 6) is -0.331. The highest BCUT2D eigenvalue weighted by Crippen LogP contribution is 2.39. The molecule has 0 saturated heterocycles. The Balaban J connectivity index is 1.95. The normalized spacial score (nSPS) is 11.1. The lowest BCUT2D eigenvalue weighted by molar-refractivity contribution is 0.600. The van der Waals surface area contributed by atoms with Crippen LogP contribution in [-0.2, 0) is 0 Å². The standard InChI is InChI=1S/C20H12Cl2FN3OS/c1-11-5-6-17(15(23)7-11)28-19-8-12(20-13(21)3-2-4-14(20)22)16-9-18(27)24-10-26(16)25-19/h2-10H,1H3. The Morgan fingerprint density at radius 3 is 2.54 bits per heavy atom. The lowest BCUT2D eigenvalue weighted by Gasteiger charge is -2.13. The Bertz CT molecular complexity index is 1260. The average Bonchev–Trinajstić information content (AvgIpc) is 2.64. The second-order valence-corrected chi connectivity index (χ2v) is 7.96. The van der Waals surface area contributed by atoms with Gasteiger partial charge in [0.05, 0.1) is 5.52 Å². The highest BCUT2D eigenvalue weighted by Gasteiger charge is 2.16. The summed E-state index contributed by atoms with van der Waals surface area (Å²) in [6, 6.07) is 13.3. The van der Waals surface area contributed by atoms with Gasteiger partial charge in [0.25, 0.3) is 5.56 Å². The van der Waals surface area contributed by atoms with Gasteiger partial charge in [-0.25, -0.2) is 8.91 Å². The second kappa shape index (κ2) is 7.54. The molecule has 0 aliphatic rings. The number of hydrogen-bond donors (Lipinski definition) is 0. The van der Waals surface area contributed by atoms with E-state index in [0.29, 0.717) is 36.6 Å². The van der Waals surface area contributed by atoms with Crippen molar-refractivity contribution in [3.63, 3.8) is 0 Å². The summed E-state index contributed by atoms with van der Waals surface area (Å²) >= 11 is 13.9. The minimum atomic E-state index is -0.406. The number of benzene rings is 2. The Kier molecular flexibility index (Phi) is 5.10. The molecule has 4 aromatic rings. The van der Waals surface area contributed by atoms with Crippen molar-refractivity contribution in [3.8, 4) is 11.1 Å². The quantitative estimate of drug-likeness (QED) is 0.419. The van der Waals surface area contributed by atoms with Gasteiger partial charge in [-0.2, -0.15) is 10.1 Å². The zero-order chi connectivity index (χ0) is 19.8. The zero-order valence-electron chi connectivity index (χ0n) is 14.5. The fourth-order valence-electron chi connectivity index (χ4n) is 2.81. The fraction of sp³-hybridized carbons (Fsp3) is 0.0500. The summed E-state index contributed by atoms with van der Waals surface area (Å²) in [6.45, 7) is 1.82. The van der Waals surface area contributed by atoms with Gasteiger partial charge in [0.1, 0.15) is 17.2 Å². The van der Waals surface area contributed by atoms with Gasteiger partial charge in [0.2, 0.25) is 0 Å². The molecule has 0 bridgehead atoms. The van der Waals surface area contributed by atoms with Crippen LogP contribution in [0.5, 0.6) is 0 Å². The minimum absolute atomic E-state index is 0.331. The van der Waals surface area contributed by atoms with Crippen LogP contribution in [0, 0.1) is 12.7 Å². The summed E-state index contributed by atoms with van der Waals surface area (Å²) in [5.41, 5.74) is 2.11. The first kappa shape index (κ1) is 18.9. The number of halogens is 3. The van der Waals surface area contributed by atoms with E-state index >= 15 is 0 Å². The molecule has 0 saturated carbocycles. The molecule has 0 radical (unpaired) electrons. The van der Waals surface area contributed by atoms with Crippen molar-refractivity contribution >= 4 is 40.5 Å². The van der Waals surface area contributed by atoms with Gasteiger partial charge in [-0.1, -0.05) is 47.1 Å². The van der Waals surface area contributed by atoms with Crippen molar-refractivity contribution in [2.75, 3.05) is 0 Å². The molecule has 0 aliphatic heterocycles. The van der Waals surface area contributed by atoms with Gasteiger partial charge < -0.3 is 0 Å². The second-order valence-electron chi connectivity index (χ2n) is 6.09. The molecule has 140 valence electrons. The summed E-state index contributed by atoms with van der Waals surface area (Å²) < 4.78 is 15.8. The van der Waals surface area contributed by atoms with Crippen molar-refractivity contribution in [2.45, 2.75) is 16.8 Å². The van der Waals surface area contributed by atoms with Crippen molar-refractivity contribution in [2.24, 2.45) is 0 Å². The maximum atomic E-state index is 14.3. The maximum absolute atomic E-state index is 14.3. The van der Waals surface area contributed by atoms with E-state index in [0.717, 1.165) is 17.3 Å². The van der Waals surface area contributed by atoms with Crippen LogP contribution in [0.25, 0.3) is 16.6 Å². The molecule has 8 heteroatoms. The molecule has 0 unspecified atom stereocenters. The highest BCUT2D eigenvalue weighted by molar-refractivity contribution is 7.99. The van der Waals surface area contributed by atoms with E-state index < -0.39 is 5.56 Å². The van der Waals surface area contributed by atoms with E-state index in [9.17, 15) is 9.18 Å². The number of fused-ring (bicyclic) bond motifs is 1. The van der Waals surface area contributed by atoms with Crippen LogP contribution in [-0.4, -0.2) is 14.6 Å². The van der Waals surface area contributed by atoms with Crippen molar-refractivity contribution in [1.29, 1.82) is 0 Å². The lowest BCUT2D eigenvalue weighted by atomic mass is 10.1. The van der Waals surface area contributed by atoms with Crippen LogP contribution < -0.4 is 5.56 Å². The van der Waals surface area contributed by atoms with Crippen molar-refractivity contribution in [1.82, 2.24) is 14.6 Å². The molecule has 2 heterocycles. The number of aromatic nitrogens is 3. The van der Waals surface area contributed by atoms with E-state index in [1.165, 1.54) is 23.0 Å². The largest absolute Gasteiger partial charge is 0.273 e. The molecule has 0 amide bonds. The topological polar surface area (TPSA) is 47.3 Å². The van der Waals surface area contributed by atoms with E-state index in [2.05, 4.69) is 10.1 Å². The van der Waals surface area contributed by atoms with Gasteiger partial charge >= 0.3 is 0 Å². The Hall–Kier alpha value is -2.41. The average molecular weight is 432 g/mol. The molecular weight excluding hydrogens is 420 g/mol. The Morgan fingerprint density at radius 1 is 1.07 bits per heavy atom. The number of rotatable bonds is 3. The zero-order valence-corrected chi connectivity index (χ0v) is 16.8. The molecule has 0 atom stereocenters. The molecular formula is C20H12Cl2FN3OS. The molecule has 4 nitrogen and oxygen atoms in total. The number of aryl methyl sites for hydroxylation is 1. The first-order chi connectivity index (χ1) is 13.4. The van der Waals surface area contributed by atoms with Crippen molar-refractivity contribution in [3.05, 3.63) is 86.6 Å². The van der Waals surface area contributed by atoms with E-state index in [-0.39, 0.29) is 5.82 Å². The van der Waals surface area contributed by atoms with Crippen LogP contribution in [0.1, 0.15) is 5.56 Å². The highest BCUT2D eigenvalue weighted by atomic mass is 35.5. The SMILES string of the molecule is Cc1ccc(Sc2cc(-c3c(Cl)cccc3Cl)c3cc(=O)ncn3n2)c(F)c1. The smallest absolute Gasteiger partial charge is 0.267 e. The molecule has 2 aromatic carbocycles. The van der Waals surface area contributed by atoms with Crippen LogP contribution in [0.2, 0.25) is 10.0 Å². The first-order valence-corrected chi connectivity index (χ1v) is 9.78. The molecule has 0 aliphatic carbocycles.